The number of benzene rings is 1. The summed E-state index contributed by atoms with van der Waals surface area (Å²) in [7, 11) is 0. The van der Waals surface area contributed by atoms with Gasteiger partial charge in [0.05, 0.1) is 6.61 Å². The first-order valence-corrected chi connectivity index (χ1v) is 6.91. The summed E-state index contributed by atoms with van der Waals surface area (Å²) in [5, 5.41) is 14.1. The highest BCUT2D eigenvalue weighted by Crippen LogP contribution is 2.16. The van der Waals surface area contributed by atoms with Crippen molar-refractivity contribution < 1.29 is 14.7 Å². The van der Waals surface area contributed by atoms with Crippen molar-refractivity contribution in [3.63, 3.8) is 0 Å². The third-order valence-electron chi connectivity index (χ3n) is 3.27. The lowest BCUT2D eigenvalue weighted by atomic mass is 10.1. The molecule has 0 bridgehead atoms. The number of amides is 2. The fourth-order valence-electron chi connectivity index (χ4n) is 2.14. The predicted octanol–water partition coefficient (Wildman–Crippen LogP) is 0.946. The standard InChI is InChI=1S/C16H18N2O3/c1-11-10-13(6-5-12(11)4-2-3-9-19)17-16(21)14-7-8-15(20)18-14/h5-6,10,14,19H,3,7-9H2,1H3,(H,17,21)(H,18,20). The monoisotopic (exact) mass is 286 g/mol. The predicted molar refractivity (Wildman–Crippen MR) is 79.6 cm³/mol. The largest absolute Gasteiger partial charge is 0.395 e. The smallest absolute Gasteiger partial charge is 0.246 e. The van der Waals surface area contributed by atoms with Gasteiger partial charge < -0.3 is 15.7 Å². The van der Waals surface area contributed by atoms with E-state index in [9.17, 15) is 9.59 Å². The second-order valence-corrected chi connectivity index (χ2v) is 4.95. The molecule has 1 aliphatic rings. The number of hydrogen-bond donors (Lipinski definition) is 3. The summed E-state index contributed by atoms with van der Waals surface area (Å²) in [5.74, 6) is 5.57. The normalized spacial score (nSPS) is 16.9. The number of aryl methyl sites for hydroxylation is 1. The number of carbonyl (C=O) groups is 2. The van der Waals surface area contributed by atoms with Crippen molar-refractivity contribution in [3.8, 4) is 11.8 Å². The Balaban J connectivity index is 2.02. The van der Waals surface area contributed by atoms with Crippen LogP contribution in [0, 0.1) is 18.8 Å². The summed E-state index contributed by atoms with van der Waals surface area (Å²) >= 11 is 0. The van der Waals surface area contributed by atoms with Crippen molar-refractivity contribution in [2.24, 2.45) is 0 Å². The average molecular weight is 286 g/mol. The molecule has 2 amide bonds. The number of anilines is 1. The van der Waals surface area contributed by atoms with Crippen LogP contribution in [-0.2, 0) is 9.59 Å². The van der Waals surface area contributed by atoms with E-state index in [-0.39, 0.29) is 18.4 Å². The Morgan fingerprint density at radius 3 is 2.95 bits per heavy atom. The van der Waals surface area contributed by atoms with Crippen LogP contribution >= 0.6 is 0 Å². The second-order valence-electron chi connectivity index (χ2n) is 4.95. The van der Waals surface area contributed by atoms with E-state index >= 15 is 0 Å². The third kappa shape index (κ3) is 4.07. The Hall–Kier alpha value is -2.32. The molecule has 5 nitrogen and oxygen atoms in total. The Morgan fingerprint density at radius 1 is 1.52 bits per heavy atom. The minimum absolute atomic E-state index is 0.0489. The summed E-state index contributed by atoms with van der Waals surface area (Å²) in [6.07, 6.45) is 1.38. The summed E-state index contributed by atoms with van der Waals surface area (Å²) < 4.78 is 0. The van der Waals surface area contributed by atoms with Gasteiger partial charge in [0, 0.05) is 24.1 Å². The Labute approximate surface area is 123 Å². The molecule has 1 fully saturated rings. The molecule has 1 atom stereocenters. The van der Waals surface area contributed by atoms with E-state index in [1.165, 1.54) is 0 Å². The van der Waals surface area contributed by atoms with Crippen LogP contribution in [0.3, 0.4) is 0 Å². The number of rotatable bonds is 3. The van der Waals surface area contributed by atoms with Gasteiger partial charge in [-0.1, -0.05) is 11.8 Å². The molecule has 0 aromatic heterocycles. The zero-order valence-corrected chi connectivity index (χ0v) is 11.9. The quantitative estimate of drug-likeness (QED) is 0.724. The first-order valence-electron chi connectivity index (χ1n) is 6.91. The van der Waals surface area contributed by atoms with Crippen LogP contribution in [0.1, 0.15) is 30.4 Å². The Kier molecular flexibility index (Phi) is 4.96. The van der Waals surface area contributed by atoms with E-state index in [0.29, 0.717) is 24.9 Å². The molecular formula is C16H18N2O3. The van der Waals surface area contributed by atoms with Gasteiger partial charge in [-0.3, -0.25) is 9.59 Å². The number of nitrogens with one attached hydrogen (secondary N) is 2. The van der Waals surface area contributed by atoms with Gasteiger partial charge in [0.25, 0.3) is 0 Å². The van der Waals surface area contributed by atoms with Crippen LogP contribution in [-0.4, -0.2) is 29.6 Å². The van der Waals surface area contributed by atoms with Crippen molar-refractivity contribution >= 4 is 17.5 Å². The third-order valence-corrected chi connectivity index (χ3v) is 3.27. The van der Waals surface area contributed by atoms with E-state index in [4.69, 9.17) is 5.11 Å². The average Bonchev–Trinajstić information content (AvgIpc) is 2.88. The fraction of sp³-hybridized carbons (Fsp3) is 0.375. The zero-order chi connectivity index (χ0) is 15.2. The molecule has 21 heavy (non-hydrogen) atoms. The number of aliphatic hydroxyl groups excluding tert-OH is 1. The Bertz CT molecular complexity index is 614. The highest BCUT2D eigenvalue weighted by Gasteiger charge is 2.27. The summed E-state index contributed by atoms with van der Waals surface area (Å²) in [6.45, 7) is 1.96. The van der Waals surface area contributed by atoms with Crippen molar-refractivity contribution in [2.75, 3.05) is 11.9 Å². The zero-order valence-electron chi connectivity index (χ0n) is 11.9. The summed E-state index contributed by atoms with van der Waals surface area (Å²) in [5.41, 5.74) is 2.51. The van der Waals surface area contributed by atoms with Gasteiger partial charge in [-0.05, 0) is 37.1 Å². The van der Waals surface area contributed by atoms with Crippen LogP contribution < -0.4 is 10.6 Å². The van der Waals surface area contributed by atoms with Crippen LogP contribution in [0.4, 0.5) is 5.69 Å². The van der Waals surface area contributed by atoms with Crippen LogP contribution in [0.25, 0.3) is 0 Å². The highest BCUT2D eigenvalue weighted by molar-refractivity contribution is 5.99. The van der Waals surface area contributed by atoms with Crippen molar-refractivity contribution in [1.29, 1.82) is 0 Å². The van der Waals surface area contributed by atoms with Crippen LogP contribution in [0.2, 0.25) is 0 Å². The molecule has 1 unspecified atom stereocenters. The van der Waals surface area contributed by atoms with Gasteiger partial charge in [-0.2, -0.15) is 0 Å². The maximum absolute atomic E-state index is 12.0. The molecule has 5 heteroatoms. The molecule has 110 valence electrons. The van der Waals surface area contributed by atoms with E-state index in [2.05, 4.69) is 22.5 Å². The molecule has 0 spiro atoms. The highest BCUT2D eigenvalue weighted by atomic mass is 16.2. The van der Waals surface area contributed by atoms with Gasteiger partial charge in [0.2, 0.25) is 11.8 Å². The molecule has 1 aliphatic heterocycles. The molecule has 1 aromatic rings. The second kappa shape index (κ2) is 6.91. The molecule has 2 rings (SSSR count). The van der Waals surface area contributed by atoms with E-state index in [1.807, 2.05) is 19.1 Å². The van der Waals surface area contributed by atoms with Crippen molar-refractivity contribution in [3.05, 3.63) is 29.3 Å². The SMILES string of the molecule is Cc1cc(NC(=O)C2CCC(=O)N2)ccc1C#CCCO. The molecule has 1 saturated heterocycles. The number of carbonyl (C=O) groups excluding carboxylic acids is 2. The summed E-state index contributed by atoms with van der Waals surface area (Å²) in [4.78, 5) is 23.1. The maximum Gasteiger partial charge on any atom is 0.246 e. The van der Waals surface area contributed by atoms with E-state index in [1.54, 1.807) is 6.07 Å². The van der Waals surface area contributed by atoms with Crippen molar-refractivity contribution in [1.82, 2.24) is 5.32 Å². The lowest BCUT2D eigenvalue weighted by Crippen LogP contribution is -2.37. The van der Waals surface area contributed by atoms with E-state index < -0.39 is 6.04 Å². The first kappa shape index (κ1) is 15.1. The van der Waals surface area contributed by atoms with Crippen LogP contribution in [0.15, 0.2) is 18.2 Å². The van der Waals surface area contributed by atoms with Gasteiger partial charge >= 0.3 is 0 Å². The molecule has 1 heterocycles. The van der Waals surface area contributed by atoms with Gasteiger partial charge in [0.15, 0.2) is 0 Å². The van der Waals surface area contributed by atoms with Crippen LogP contribution in [0.5, 0.6) is 0 Å². The fourth-order valence-corrected chi connectivity index (χ4v) is 2.14. The Morgan fingerprint density at radius 2 is 2.33 bits per heavy atom. The molecule has 0 radical (unpaired) electrons. The van der Waals surface area contributed by atoms with Gasteiger partial charge in [-0.15, -0.1) is 0 Å². The molecular weight excluding hydrogens is 268 g/mol. The minimum Gasteiger partial charge on any atom is -0.395 e. The lowest BCUT2D eigenvalue weighted by molar-refractivity contribution is -0.122. The summed E-state index contributed by atoms with van der Waals surface area (Å²) in [6, 6.07) is 5.02. The maximum atomic E-state index is 12.0. The number of hydrogen-bond acceptors (Lipinski definition) is 3. The molecule has 3 N–H and O–H groups in total. The lowest BCUT2D eigenvalue weighted by Gasteiger charge is -2.11. The number of aliphatic hydroxyl groups is 1. The topological polar surface area (TPSA) is 78.4 Å². The minimum atomic E-state index is -0.443. The molecule has 1 aromatic carbocycles. The molecule has 0 aliphatic carbocycles. The van der Waals surface area contributed by atoms with E-state index in [0.717, 1.165) is 11.1 Å². The van der Waals surface area contributed by atoms with Gasteiger partial charge in [-0.25, -0.2) is 0 Å². The molecule has 0 saturated carbocycles. The first-order chi connectivity index (χ1) is 10.1. The van der Waals surface area contributed by atoms with Gasteiger partial charge in [0.1, 0.15) is 6.04 Å². The van der Waals surface area contributed by atoms with Crippen molar-refractivity contribution in [2.45, 2.75) is 32.2 Å².